The molecule has 4 rings (SSSR count). The highest BCUT2D eigenvalue weighted by atomic mass is 32.1. The lowest BCUT2D eigenvalue weighted by Crippen LogP contribution is -2.30. The number of fused-ring (bicyclic) bond motifs is 1. The number of benzene rings is 2. The molecule has 0 aliphatic rings. The van der Waals surface area contributed by atoms with E-state index < -0.39 is 0 Å². The fourth-order valence-corrected chi connectivity index (χ4v) is 4.10. The third kappa shape index (κ3) is 3.98. The van der Waals surface area contributed by atoms with E-state index in [2.05, 4.69) is 31.0 Å². The van der Waals surface area contributed by atoms with Gasteiger partial charge in [0.05, 0.1) is 29.6 Å². The number of aromatic nitrogens is 2. The van der Waals surface area contributed by atoms with Crippen molar-refractivity contribution in [3.63, 3.8) is 0 Å². The zero-order chi connectivity index (χ0) is 20.4. The number of rotatable bonds is 5. The van der Waals surface area contributed by atoms with Crippen LogP contribution in [0.25, 0.3) is 10.2 Å². The lowest BCUT2D eigenvalue weighted by molar-refractivity contribution is 0.0985. The van der Waals surface area contributed by atoms with Gasteiger partial charge in [0.25, 0.3) is 5.91 Å². The van der Waals surface area contributed by atoms with Crippen molar-refractivity contribution < 1.29 is 9.53 Å². The monoisotopic (exact) mass is 403 g/mol. The molecule has 0 aliphatic heterocycles. The van der Waals surface area contributed by atoms with Crippen LogP contribution in [0.1, 0.15) is 27.2 Å². The molecule has 4 aromatic rings. The first-order valence-electron chi connectivity index (χ1n) is 9.29. The predicted molar refractivity (Wildman–Crippen MR) is 117 cm³/mol. The molecule has 146 valence electrons. The SMILES string of the molecule is COc1ccc(C(=O)N(Cc2ccccn2)c2nc3cc(C)c(C)cc3s2)cc1. The molecule has 1 amide bonds. The van der Waals surface area contributed by atoms with Gasteiger partial charge in [-0.15, -0.1) is 0 Å². The molecule has 2 aromatic carbocycles. The third-order valence-corrected chi connectivity index (χ3v) is 5.89. The van der Waals surface area contributed by atoms with Crippen LogP contribution in [0.5, 0.6) is 5.75 Å². The van der Waals surface area contributed by atoms with Crippen LogP contribution in [0.15, 0.2) is 60.8 Å². The number of methoxy groups -OCH3 is 1. The Morgan fingerprint density at radius 2 is 1.83 bits per heavy atom. The molecule has 0 N–H and O–H groups in total. The Labute approximate surface area is 173 Å². The first kappa shape index (κ1) is 19.1. The topological polar surface area (TPSA) is 55.3 Å². The average molecular weight is 404 g/mol. The van der Waals surface area contributed by atoms with Gasteiger partial charge in [-0.05, 0) is 73.5 Å². The Balaban J connectivity index is 1.76. The summed E-state index contributed by atoms with van der Waals surface area (Å²) in [6.45, 7) is 4.51. The van der Waals surface area contributed by atoms with E-state index in [1.807, 2.05) is 18.2 Å². The van der Waals surface area contributed by atoms with Crippen LogP contribution in [-0.2, 0) is 6.54 Å². The minimum atomic E-state index is -0.120. The molecule has 29 heavy (non-hydrogen) atoms. The molecular formula is C23H21N3O2S. The van der Waals surface area contributed by atoms with E-state index in [4.69, 9.17) is 9.72 Å². The van der Waals surface area contributed by atoms with Crippen molar-refractivity contribution in [1.29, 1.82) is 0 Å². The summed E-state index contributed by atoms with van der Waals surface area (Å²) in [6.07, 6.45) is 1.73. The number of thiazole rings is 1. The minimum Gasteiger partial charge on any atom is -0.497 e. The number of hydrogen-bond acceptors (Lipinski definition) is 5. The number of carbonyl (C=O) groups is 1. The number of nitrogens with zero attached hydrogens (tertiary/aromatic N) is 3. The molecule has 0 spiro atoms. The van der Waals surface area contributed by atoms with Gasteiger partial charge < -0.3 is 4.74 Å². The van der Waals surface area contributed by atoms with Gasteiger partial charge >= 0.3 is 0 Å². The maximum atomic E-state index is 13.4. The summed E-state index contributed by atoms with van der Waals surface area (Å²) < 4.78 is 6.27. The summed E-state index contributed by atoms with van der Waals surface area (Å²) in [5, 5.41) is 0.663. The molecule has 0 saturated carbocycles. The fraction of sp³-hybridized carbons (Fsp3) is 0.174. The second-order valence-electron chi connectivity index (χ2n) is 6.84. The number of hydrogen-bond donors (Lipinski definition) is 0. The van der Waals surface area contributed by atoms with Gasteiger partial charge in [-0.2, -0.15) is 0 Å². The lowest BCUT2D eigenvalue weighted by atomic mass is 10.1. The molecule has 2 aromatic heterocycles. The van der Waals surface area contributed by atoms with Gasteiger partial charge in [0.1, 0.15) is 5.75 Å². The average Bonchev–Trinajstić information content (AvgIpc) is 3.15. The second-order valence-corrected chi connectivity index (χ2v) is 7.85. The normalized spacial score (nSPS) is 10.9. The summed E-state index contributed by atoms with van der Waals surface area (Å²) in [6, 6.07) is 17.0. The van der Waals surface area contributed by atoms with Crippen LogP contribution in [0.2, 0.25) is 0 Å². The van der Waals surface area contributed by atoms with E-state index in [1.165, 1.54) is 22.5 Å². The van der Waals surface area contributed by atoms with Gasteiger partial charge in [-0.3, -0.25) is 14.7 Å². The molecule has 0 bridgehead atoms. The van der Waals surface area contributed by atoms with Crippen LogP contribution >= 0.6 is 11.3 Å². The van der Waals surface area contributed by atoms with E-state index in [0.29, 0.717) is 23.0 Å². The highest BCUT2D eigenvalue weighted by Gasteiger charge is 2.22. The van der Waals surface area contributed by atoms with Crippen molar-refractivity contribution in [2.24, 2.45) is 0 Å². The molecule has 5 nitrogen and oxygen atoms in total. The van der Waals surface area contributed by atoms with E-state index in [1.54, 1.807) is 42.5 Å². The molecule has 0 fully saturated rings. The number of amides is 1. The smallest absolute Gasteiger partial charge is 0.260 e. The molecular weight excluding hydrogens is 382 g/mol. The fourth-order valence-electron chi connectivity index (χ4n) is 3.05. The quantitative estimate of drug-likeness (QED) is 0.462. The highest BCUT2D eigenvalue weighted by Crippen LogP contribution is 2.32. The van der Waals surface area contributed by atoms with E-state index in [0.717, 1.165) is 15.9 Å². The van der Waals surface area contributed by atoms with Gasteiger partial charge in [0.15, 0.2) is 5.13 Å². The second kappa shape index (κ2) is 8.01. The zero-order valence-electron chi connectivity index (χ0n) is 16.5. The first-order chi connectivity index (χ1) is 14.0. The maximum Gasteiger partial charge on any atom is 0.260 e. The van der Waals surface area contributed by atoms with Crippen molar-refractivity contribution in [3.8, 4) is 5.75 Å². The largest absolute Gasteiger partial charge is 0.497 e. The number of carbonyl (C=O) groups excluding carboxylic acids is 1. The Hall–Kier alpha value is -3.25. The van der Waals surface area contributed by atoms with E-state index in [9.17, 15) is 4.79 Å². The number of anilines is 1. The Kier molecular flexibility index (Phi) is 5.27. The van der Waals surface area contributed by atoms with Crippen molar-refractivity contribution in [3.05, 3.63) is 83.2 Å². The summed E-state index contributed by atoms with van der Waals surface area (Å²) >= 11 is 1.52. The summed E-state index contributed by atoms with van der Waals surface area (Å²) in [4.78, 5) is 24.2. The summed E-state index contributed by atoms with van der Waals surface area (Å²) in [5.41, 5.74) is 4.69. The van der Waals surface area contributed by atoms with Gasteiger partial charge in [0, 0.05) is 11.8 Å². The molecule has 0 atom stereocenters. The number of ether oxygens (including phenoxy) is 1. The lowest BCUT2D eigenvalue weighted by Gasteiger charge is -2.19. The van der Waals surface area contributed by atoms with E-state index >= 15 is 0 Å². The van der Waals surface area contributed by atoms with Gasteiger partial charge in [-0.1, -0.05) is 17.4 Å². The Bertz CT molecular complexity index is 1120. The van der Waals surface area contributed by atoms with Gasteiger partial charge in [0.2, 0.25) is 0 Å². The van der Waals surface area contributed by atoms with Crippen LogP contribution in [0, 0.1) is 13.8 Å². The summed E-state index contributed by atoms with van der Waals surface area (Å²) in [5.74, 6) is 0.592. The highest BCUT2D eigenvalue weighted by molar-refractivity contribution is 7.22. The van der Waals surface area contributed by atoms with Crippen molar-refractivity contribution in [2.75, 3.05) is 12.0 Å². The van der Waals surface area contributed by atoms with E-state index in [-0.39, 0.29) is 5.91 Å². The van der Waals surface area contributed by atoms with Crippen LogP contribution in [0.3, 0.4) is 0 Å². The predicted octanol–water partition coefficient (Wildman–Crippen LogP) is 5.16. The summed E-state index contributed by atoms with van der Waals surface area (Å²) in [7, 11) is 1.61. The van der Waals surface area contributed by atoms with Crippen molar-refractivity contribution in [1.82, 2.24) is 9.97 Å². The molecule has 0 radical (unpaired) electrons. The van der Waals surface area contributed by atoms with Crippen molar-refractivity contribution in [2.45, 2.75) is 20.4 Å². The zero-order valence-corrected chi connectivity index (χ0v) is 17.4. The Morgan fingerprint density at radius 1 is 1.07 bits per heavy atom. The molecule has 2 heterocycles. The maximum absolute atomic E-state index is 13.4. The molecule has 0 saturated heterocycles. The number of pyridine rings is 1. The molecule has 0 unspecified atom stereocenters. The van der Waals surface area contributed by atoms with Crippen LogP contribution < -0.4 is 9.64 Å². The van der Waals surface area contributed by atoms with Gasteiger partial charge in [-0.25, -0.2) is 4.98 Å². The standard InChI is InChI=1S/C23H21N3O2S/c1-15-12-20-21(13-16(15)2)29-23(25-20)26(14-18-6-4-5-11-24-18)22(27)17-7-9-19(28-3)10-8-17/h4-13H,14H2,1-3H3. The minimum absolute atomic E-state index is 0.120. The Morgan fingerprint density at radius 3 is 2.52 bits per heavy atom. The molecule has 0 aliphatic carbocycles. The third-order valence-electron chi connectivity index (χ3n) is 4.85. The van der Waals surface area contributed by atoms with Crippen LogP contribution in [-0.4, -0.2) is 23.0 Å². The van der Waals surface area contributed by atoms with Crippen molar-refractivity contribution >= 4 is 32.6 Å². The van der Waals surface area contributed by atoms with Crippen LogP contribution in [0.4, 0.5) is 5.13 Å². The number of aryl methyl sites for hydroxylation is 2. The first-order valence-corrected chi connectivity index (χ1v) is 10.1. The molecule has 6 heteroatoms.